The van der Waals surface area contributed by atoms with Gasteiger partial charge in [-0.3, -0.25) is 4.70 Å². The minimum absolute atomic E-state index is 0. The first-order chi connectivity index (χ1) is 3.00. The highest BCUT2D eigenvalue weighted by molar-refractivity contribution is 6.35. The molecule has 0 N–H and O–H groups in total. The molecule has 0 aromatic heterocycles. The minimum atomic E-state index is 0. The predicted octanol–water partition coefficient (Wildman–Crippen LogP) is 1.33. The third kappa shape index (κ3) is 2.80. The van der Waals surface area contributed by atoms with Crippen molar-refractivity contribution < 1.29 is 4.70 Å². The molecule has 2 heteroatoms. The third-order valence-corrected chi connectivity index (χ3v) is 3.50. The van der Waals surface area contributed by atoms with Crippen molar-refractivity contribution in [2.24, 2.45) is 0 Å². The first-order valence-corrected chi connectivity index (χ1v) is 5.00. The summed E-state index contributed by atoms with van der Waals surface area (Å²) in [5.41, 5.74) is 0. The molecule has 0 spiro atoms. The van der Waals surface area contributed by atoms with E-state index >= 15 is 0 Å². The Labute approximate surface area is 46.5 Å². The van der Waals surface area contributed by atoms with Crippen LogP contribution < -0.4 is 0 Å². The monoisotopic (exact) mass is 120 g/mol. The highest BCUT2D eigenvalue weighted by Gasteiger charge is 1.96. The van der Waals surface area contributed by atoms with Crippen LogP contribution in [0.1, 0.15) is 19.3 Å². The first kappa shape index (κ1) is 7.15. The number of hydrogen-bond acceptors (Lipinski definition) is 0. The van der Waals surface area contributed by atoms with Gasteiger partial charge in [0, 0.05) is 9.52 Å². The Kier molecular flexibility index (Phi) is 4.40. The molecular formula is C5H13FSi. The van der Waals surface area contributed by atoms with Crippen LogP contribution in [0.2, 0.25) is 12.1 Å². The summed E-state index contributed by atoms with van der Waals surface area (Å²) in [7, 11) is 0.508. The van der Waals surface area contributed by atoms with Gasteiger partial charge in [0.25, 0.3) is 0 Å². The summed E-state index contributed by atoms with van der Waals surface area (Å²) >= 11 is 0. The number of hydrogen-bond donors (Lipinski definition) is 0. The van der Waals surface area contributed by atoms with Crippen molar-refractivity contribution in [3.63, 3.8) is 0 Å². The summed E-state index contributed by atoms with van der Waals surface area (Å²) in [5.74, 6) is 0. The van der Waals surface area contributed by atoms with E-state index in [1.165, 1.54) is 6.42 Å². The van der Waals surface area contributed by atoms with E-state index in [4.69, 9.17) is 0 Å². The van der Waals surface area contributed by atoms with E-state index in [1.807, 2.05) is 0 Å². The zero-order valence-electron chi connectivity index (χ0n) is 4.65. The van der Waals surface area contributed by atoms with Gasteiger partial charge >= 0.3 is 0 Å². The van der Waals surface area contributed by atoms with E-state index in [2.05, 4.69) is 0 Å². The van der Waals surface area contributed by atoms with Crippen LogP contribution in [0.25, 0.3) is 0 Å². The van der Waals surface area contributed by atoms with Crippen LogP contribution in [-0.4, -0.2) is 9.52 Å². The fraction of sp³-hybridized carbons (Fsp3) is 1.00. The van der Waals surface area contributed by atoms with Crippen LogP contribution in [0.15, 0.2) is 0 Å². The van der Waals surface area contributed by atoms with Crippen LogP contribution in [0.5, 0.6) is 0 Å². The predicted molar refractivity (Wildman–Crippen MR) is 34.5 cm³/mol. The van der Waals surface area contributed by atoms with Gasteiger partial charge in [-0.15, -0.1) is 0 Å². The zero-order chi connectivity index (χ0) is 4.24. The summed E-state index contributed by atoms with van der Waals surface area (Å²) in [5, 5.41) is 0. The smallest absolute Gasteiger partial charge is 0.0197 e. The Morgan fingerprint density at radius 2 is 1.43 bits per heavy atom. The summed E-state index contributed by atoms with van der Waals surface area (Å²) < 4.78 is 0. The second kappa shape index (κ2) is 4.31. The van der Waals surface area contributed by atoms with Gasteiger partial charge in [0.1, 0.15) is 0 Å². The van der Waals surface area contributed by atoms with Crippen LogP contribution in [-0.2, 0) is 0 Å². The maximum atomic E-state index is 1.64. The van der Waals surface area contributed by atoms with Crippen molar-refractivity contribution in [1.82, 2.24) is 0 Å². The highest BCUT2D eigenvalue weighted by atomic mass is 28.2. The lowest BCUT2D eigenvalue weighted by atomic mass is 10.3. The van der Waals surface area contributed by atoms with Crippen molar-refractivity contribution in [1.29, 1.82) is 0 Å². The fourth-order valence-electron chi connectivity index (χ4n) is 1.06. The molecule has 0 atom stereocenters. The molecule has 0 aromatic rings. The molecule has 1 fully saturated rings. The molecule has 1 aliphatic rings. The summed E-state index contributed by atoms with van der Waals surface area (Å²) in [6.07, 6.45) is 4.66. The lowest BCUT2D eigenvalue weighted by molar-refractivity contribution is 0.734. The average molecular weight is 120 g/mol. The van der Waals surface area contributed by atoms with Crippen molar-refractivity contribution in [3.05, 3.63) is 0 Å². The van der Waals surface area contributed by atoms with E-state index in [9.17, 15) is 0 Å². The van der Waals surface area contributed by atoms with E-state index in [1.54, 1.807) is 24.9 Å². The normalized spacial score (nSPS) is 20.6. The van der Waals surface area contributed by atoms with Gasteiger partial charge in [0.05, 0.1) is 0 Å². The molecule has 44 valence electrons. The van der Waals surface area contributed by atoms with Crippen molar-refractivity contribution in [2.75, 3.05) is 0 Å². The second-order valence-electron chi connectivity index (χ2n) is 2.12. The lowest BCUT2D eigenvalue weighted by Gasteiger charge is -2.04. The summed E-state index contributed by atoms with van der Waals surface area (Å²) in [6.45, 7) is 0. The van der Waals surface area contributed by atoms with Crippen LogP contribution in [0.3, 0.4) is 0 Å². The standard InChI is InChI=1S/C5H12Si.FH/c1-2-4-6-5-3-1;/h1-6H2;1H. The molecule has 0 nitrogen and oxygen atoms in total. The van der Waals surface area contributed by atoms with Crippen molar-refractivity contribution in [2.45, 2.75) is 31.4 Å². The van der Waals surface area contributed by atoms with Crippen molar-refractivity contribution in [3.8, 4) is 0 Å². The number of rotatable bonds is 0. The Bertz CT molecular complexity index is 23.6. The summed E-state index contributed by atoms with van der Waals surface area (Å²) in [6, 6.07) is 3.28. The zero-order valence-corrected chi connectivity index (χ0v) is 6.07. The van der Waals surface area contributed by atoms with Gasteiger partial charge in [-0.1, -0.05) is 31.4 Å². The third-order valence-electron chi connectivity index (χ3n) is 1.50. The molecule has 0 bridgehead atoms. The Balaban J connectivity index is 0.000000360. The molecular weight excluding hydrogens is 107 g/mol. The molecule has 0 radical (unpaired) electrons. The van der Waals surface area contributed by atoms with Crippen LogP contribution in [0.4, 0.5) is 4.70 Å². The minimum Gasteiger partial charge on any atom is -0.269 e. The Morgan fingerprint density at radius 1 is 0.857 bits per heavy atom. The first-order valence-electron chi connectivity index (χ1n) is 3.00. The van der Waals surface area contributed by atoms with Crippen LogP contribution in [0, 0.1) is 0 Å². The average Bonchev–Trinajstić information content (AvgIpc) is 1.72. The van der Waals surface area contributed by atoms with Gasteiger partial charge in [0.15, 0.2) is 0 Å². The second-order valence-corrected chi connectivity index (χ2v) is 4.24. The molecule has 0 saturated carbocycles. The molecule has 1 heterocycles. The maximum Gasteiger partial charge on any atom is 0.0197 e. The van der Waals surface area contributed by atoms with Gasteiger partial charge < -0.3 is 0 Å². The summed E-state index contributed by atoms with van der Waals surface area (Å²) in [4.78, 5) is 0. The van der Waals surface area contributed by atoms with Gasteiger partial charge in [-0.05, 0) is 0 Å². The molecule has 0 amide bonds. The molecule has 1 rings (SSSR count). The van der Waals surface area contributed by atoms with E-state index in [0.29, 0.717) is 9.52 Å². The quantitative estimate of drug-likeness (QED) is 0.423. The fourth-order valence-corrected chi connectivity index (χ4v) is 2.83. The van der Waals surface area contributed by atoms with Crippen molar-refractivity contribution >= 4 is 9.52 Å². The van der Waals surface area contributed by atoms with Gasteiger partial charge in [0.2, 0.25) is 0 Å². The molecule has 1 aliphatic heterocycles. The lowest BCUT2D eigenvalue weighted by Crippen LogP contribution is -1.94. The molecule has 1 saturated heterocycles. The number of halogens is 1. The maximum absolute atomic E-state index is 1.64. The topological polar surface area (TPSA) is 0 Å². The molecule has 0 aromatic carbocycles. The Hall–Kier alpha value is 0.147. The SMILES string of the molecule is C1CC[SiH2]CC1.F. The Morgan fingerprint density at radius 3 is 1.57 bits per heavy atom. The van der Waals surface area contributed by atoms with E-state index < -0.39 is 0 Å². The van der Waals surface area contributed by atoms with Crippen LogP contribution >= 0.6 is 0 Å². The van der Waals surface area contributed by atoms with Gasteiger partial charge in [-0.25, -0.2) is 0 Å². The molecule has 0 aliphatic carbocycles. The van der Waals surface area contributed by atoms with Gasteiger partial charge in [-0.2, -0.15) is 0 Å². The van der Waals surface area contributed by atoms with E-state index in [0.717, 1.165) is 0 Å². The largest absolute Gasteiger partial charge is 0.269 e. The highest BCUT2D eigenvalue weighted by Crippen LogP contribution is 2.10. The molecule has 7 heavy (non-hydrogen) atoms. The van der Waals surface area contributed by atoms with E-state index in [-0.39, 0.29) is 4.70 Å². The molecule has 0 unspecified atom stereocenters.